The minimum absolute atomic E-state index is 0.322. The topological polar surface area (TPSA) is 67.2 Å². The molecule has 1 heterocycles. The monoisotopic (exact) mass is 157 g/mol. The lowest BCUT2D eigenvalue weighted by Gasteiger charge is -2.23. The van der Waals surface area contributed by atoms with E-state index in [4.69, 9.17) is 0 Å². The number of hydrogen-bond acceptors (Lipinski definition) is 4. The fraction of sp³-hybridized carbons (Fsp3) is 0.667. The normalized spacial score (nSPS) is 27.4. The van der Waals surface area contributed by atoms with Gasteiger partial charge in [0.15, 0.2) is 5.82 Å². The molecule has 2 N–H and O–H groups in total. The third-order valence-corrected chi connectivity index (χ3v) is 1.53. The molecule has 5 nitrogen and oxygen atoms in total. The molecular weight excluding hydrogens is 146 g/mol. The van der Waals surface area contributed by atoms with Crippen LogP contribution in [0.1, 0.15) is 13.3 Å². The van der Waals surface area contributed by atoms with Crippen LogP contribution < -0.4 is 10.6 Å². The Kier molecular flexibility index (Phi) is 2.30. The van der Waals surface area contributed by atoms with Crippen LogP contribution in [0.15, 0.2) is 12.0 Å². The molecular formula is C6H11N3O2. The Bertz CT molecular complexity index is 190. The summed E-state index contributed by atoms with van der Waals surface area (Å²) in [4.78, 5) is 9.56. The van der Waals surface area contributed by atoms with Crippen molar-refractivity contribution in [3.8, 4) is 0 Å². The summed E-state index contributed by atoms with van der Waals surface area (Å²) in [5.74, 6) is 0.508. The fourth-order valence-corrected chi connectivity index (χ4v) is 1.00. The van der Waals surface area contributed by atoms with E-state index in [1.54, 1.807) is 0 Å². The van der Waals surface area contributed by atoms with Crippen molar-refractivity contribution < 1.29 is 4.92 Å². The number of hydrogen-bond donors (Lipinski definition) is 2. The zero-order chi connectivity index (χ0) is 8.27. The highest BCUT2D eigenvalue weighted by molar-refractivity contribution is 4.97. The molecule has 0 radical (unpaired) electrons. The Labute approximate surface area is 64.6 Å². The van der Waals surface area contributed by atoms with Crippen molar-refractivity contribution in [3.63, 3.8) is 0 Å². The summed E-state index contributed by atoms with van der Waals surface area (Å²) in [5, 5.41) is 15.9. The molecule has 62 valence electrons. The molecule has 1 rings (SSSR count). The van der Waals surface area contributed by atoms with Gasteiger partial charge in [0, 0.05) is 12.6 Å². The predicted molar refractivity (Wildman–Crippen MR) is 40.3 cm³/mol. The zero-order valence-electron chi connectivity index (χ0n) is 6.33. The van der Waals surface area contributed by atoms with Gasteiger partial charge in [-0.3, -0.25) is 10.1 Å². The van der Waals surface area contributed by atoms with Crippen LogP contribution in [0.25, 0.3) is 0 Å². The van der Waals surface area contributed by atoms with Crippen LogP contribution in [0.4, 0.5) is 0 Å². The van der Waals surface area contributed by atoms with Gasteiger partial charge in [0.2, 0.25) is 0 Å². The molecule has 0 bridgehead atoms. The molecule has 1 aliphatic rings. The molecule has 0 spiro atoms. The Morgan fingerprint density at radius 3 is 3.09 bits per heavy atom. The highest BCUT2D eigenvalue weighted by Crippen LogP contribution is 1.99. The van der Waals surface area contributed by atoms with Crippen molar-refractivity contribution in [2.24, 2.45) is 0 Å². The molecule has 0 aromatic carbocycles. The fourth-order valence-electron chi connectivity index (χ4n) is 1.00. The van der Waals surface area contributed by atoms with Crippen LogP contribution in [0.2, 0.25) is 0 Å². The van der Waals surface area contributed by atoms with E-state index in [0.29, 0.717) is 11.9 Å². The quantitative estimate of drug-likeness (QED) is 0.416. The first kappa shape index (κ1) is 7.84. The molecule has 0 aromatic rings. The first-order chi connectivity index (χ1) is 5.18. The number of nitrogens with one attached hydrogen (secondary N) is 2. The van der Waals surface area contributed by atoms with Gasteiger partial charge in [0.05, 0.1) is 4.92 Å². The van der Waals surface area contributed by atoms with Gasteiger partial charge in [-0.15, -0.1) is 0 Å². The lowest BCUT2D eigenvalue weighted by Crippen LogP contribution is -2.41. The van der Waals surface area contributed by atoms with E-state index < -0.39 is 4.92 Å². The van der Waals surface area contributed by atoms with Crippen LogP contribution in [-0.2, 0) is 0 Å². The van der Waals surface area contributed by atoms with Crippen LogP contribution >= 0.6 is 0 Å². The van der Waals surface area contributed by atoms with E-state index in [1.165, 1.54) is 0 Å². The summed E-state index contributed by atoms with van der Waals surface area (Å²) >= 11 is 0. The van der Waals surface area contributed by atoms with E-state index in [2.05, 4.69) is 10.6 Å². The Hall–Kier alpha value is -1.26. The smallest absolute Gasteiger partial charge is 0.274 e. The maximum absolute atomic E-state index is 10.0. The Morgan fingerprint density at radius 2 is 2.55 bits per heavy atom. The number of rotatable bonds is 1. The lowest BCUT2D eigenvalue weighted by atomic mass is 10.2. The molecule has 0 saturated carbocycles. The summed E-state index contributed by atoms with van der Waals surface area (Å²) in [5.41, 5.74) is 0. The van der Waals surface area contributed by atoms with Gasteiger partial charge in [0.1, 0.15) is 0 Å². The second kappa shape index (κ2) is 3.23. The van der Waals surface area contributed by atoms with Gasteiger partial charge in [0.25, 0.3) is 6.20 Å². The summed E-state index contributed by atoms with van der Waals surface area (Å²) in [6, 6.07) is 0.322. The molecule has 11 heavy (non-hydrogen) atoms. The van der Waals surface area contributed by atoms with Gasteiger partial charge in [-0.05, 0) is 13.3 Å². The highest BCUT2D eigenvalue weighted by atomic mass is 16.6. The van der Waals surface area contributed by atoms with Gasteiger partial charge in [-0.25, -0.2) is 0 Å². The molecule has 0 aromatic heterocycles. The average Bonchev–Trinajstić information content (AvgIpc) is 1.85. The standard InChI is InChI=1S/C6H11N3O2/c1-5-2-3-7-6(8-5)4-9(10)11/h4-5,7-8H,2-3H2,1H3/b6-4-. The third-order valence-electron chi connectivity index (χ3n) is 1.53. The van der Waals surface area contributed by atoms with E-state index in [1.807, 2.05) is 6.92 Å². The van der Waals surface area contributed by atoms with Crippen molar-refractivity contribution in [3.05, 3.63) is 22.1 Å². The molecule has 0 aliphatic carbocycles. The van der Waals surface area contributed by atoms with Crippen molar-refractivity contribution in [1.29, 1.82) is 0 Å². The Morgan fingerprint density at radius 1 is 1.82 bits per heavy atom. The molecule has 0 amide bonds. The summed E-state index contributed by atoms with van der Waals surface area (Å²) in [6.45, 7) is 2.79. The first-order valence-corrected chi connectivity index (χ1v) is 3.54. The van der Waals surface area contributed by atoms with Crippen molar-refractivity contribution in [2.45, 2.75) is 19.4 Å². The van der Waals surface area contributed by atoms with E-state index in [9.17, 15) is 10.1 Å². The second-order valence-electron chi connectivity index (χ2n) is 2.59. The molecule has 1 unspecified atom stereocenters. The van der Waals surface area contributed by atoms with E-state index >= 15 is 0 Å². The molecule has 1 atom stereocenters. The summed E-state index contributed by atoms with van der Waals surface area (Å²) in [7, 11) is 0. The van der Waals surface area contributed by atoms with Gasteiger partial charge in [-0.1, -0.05) is 0 Å². The molecule has 1 saturated heterocycles. The second-order valence-corrected chi connectivity index (χ2v) is 2.59. The van der Waals surface area contributed by atoms with Gasteiger partial charge < -0.3 is 10.6 Å². The maximum atomic E-state index is 10.0. The summed E-state index contributed by atoms with van der Waals surface area (Å²) in [6.07, 6.45) is 1.95. The molecule has 1 fully saturated rings. The number of nitrogens with zero attached hydrogens (tertiary/aromatic N) is 1. The average molecular weight is 157 g/mol. The number of nitro groups is 1. The predicted octanol–water partition coefficient (Wildman–Crippen LogP) is 0.0334. The third kappa shape index (κ3) is 2.45. The lowest BCUT2D eigenvalue weighted by molar-refractivity contribution is -0.404. The maximum Gasteiger partial charge on any atom is 0.274 e. The van der Waals surface area contributed by atoms with Crippen LogP contribution in [-0.4, -0.2) is 17.5 Å². The first-order valence-electron chi connectivity index (χ1n) is 3.54. The van der Waals surface area contributed by atoms with Crippen LogP contribution in [0.5, 0.6) is 0 Å². The molecule has 1 aliphatic heterocycles. The van der Waals surface area contributed by atoms with Crippen LogP contribution in [0, 0.1) is 10.1 Å². The summed E-state index contributed by atoms with van der Waals surface area (Å²) < 4.78 is 0. The van der Waals surface area contributed by atoms with Gasteiger partial charge in [-0.2, -0.15) is 0 Å². The zero-order valence-corrected chi connectivity index (χ0v) is 6.33. The van der Waals surface area contributed by atoms with Crippen molar-refractivity contribution in [1.82, 2.24) is 10.6 Å². The minimum Gasteiger partial charge on any atom is -0.367 e. The van der Waals surface area contributed by atoms with E-state index in [0.717, 1.165) is 19.2 Å². The van der Waals surface area contributed by atoms with E-state index in [-0.39, 0.29) is 0 Å². The highest BCUT2D eigenvalue weighted by Gasteiger charge is 2.12. The minimum atomic E-state index is -0.465. The molecule has 5 heteroatoms. The van der Waals surface area contributed by atoms with Crippen molar-refractivity contribution >= 4 is 0 Å². The van der Waals surface area contributed by atoms with Crippen molar-refractivity contribution in [2.75, 3.05) is 6.54 Å². The van der Waals surface area contributed by atoms with Gasteiger partial charge >= 0.3 is 0 Å². The van der Waals surface area contributed by atoms with Crippen LogP contribution in [0.3, 0.4) is 0 Å². The Balaban J connectivity index is 2.52. The largest absolute Gasteiger partial charge is 0.367 e. The SMILES string of the molecule is CC1CCN/C(=C/[N+](=O)[O-])N1.